The van der Waals surface area contributed by atoms with Gasteiger partial charge < -0.3 is 4.42 Å². The number of fused-ring (bicyclic) bond motifs is 7. The molecule has 0 saturated carbocycles. The molecule has 0 saturated heterocycles. The van der Waals surface area contributed by atoms with E-state index in [1.807, 2.05) is 18.5 Å². The van der Waals surface area contributed by atoms with Crippen molar-refractivity contribution < 1.29 is 8.98 Å². The van der Waals surface area contributed by atoms with Gasteiger partial charge in [-0.25, -0.2) is 4.57 Å². The topological polar surface area (TPSA) is 34.8 Å². The zero-order valence-corrected chi connectivity index (χ0v) is 11.0. The smallest absolute Gasteiger partial charge is 0.329 e. The van der Waals surface area contributed by atoms with Gasteiger partial charge in [0, 0.05) is 18.0 Å². The number of rotatable bonds is 0. The van der Waals surface area contributed by atoms with Crippen LogP contribution in [0.1, 0.15) is 5.56 Å². The summed E-state index contributed by atoms with van der Waals surface area (Å²) in [6, 6.07) is 10.4. The first-order chi connectivity index (χ1) is 9.84. The number of hydrogen-bond donors (Lipinski definition) is 0. The monoisotopic (exact) mass is 262 g/mol. The first-order valence-corrected chi connectivity index (χ1v) is 6.67. The fraction of sp³-hybridized carbons (Fsp3) is 0.125. The van der Waals surface area contributed by atoms with Gasteiger partial charge in [-0.3, -0.25) is 4.98 Å². The molecule has 0 aliphatic carbocycles. The van der Waals surface area contributed by atoms with Crippen LogP contribution in [0.25, 0.3) is 33.6 Å². The average Bonchev–Trinajstić information content (AvgIpc) is 3.09. The van der Waals surface area contributed by atoms with Crippen molar-refractivity contribution in [2.24, 2.45) is 7.05 Å². The Balaban J connectivity index is 1.97. The van der Waals surface area contributed by atoms with Crippen LogP contribution < -0.4 is 4.57 Å². The Hall–Kier alpha value is -2.62. The van der Waals surface area contributed by atoms with Crippen molar-refractivity contribution >= 4 is 22.1 Å². The van der Waals surface area contributed by atoms with Crippen molar-refractivity contribution in [1.82, 2.24) is 9.55 Å². The minimum absolute atomic E-state index is 0.829. The maximum atomic E-state index is 6.19. The van der Waals surface area contributed by atoms with E-state index in [-0.39, 0.29) is 0 Å². The number of nitrogens with zero attached hydrogens (tertiary/aromatic N) is 3. The highest BCUT2D eigenvalue weighted by Crippen LogP contribution is 2.34. The van der Waals surface area contributed by atoms with E-state index in [4.69, 9.17) is 4.42 Å². The van der Waals surface area contributed by atoms with E-state index in [1.54, 1.807) is 0 Å². The zero-order valence-electron chi connectivity index (χ0n) is 11.0. The van der Waals surface area contributed by atoms with Crippen LogP contribution in [-0.4, -0.2) is 9.55 Å². The minimum atomic E-state index is 0.829. The van der Waals surface area contributed by atoms with Crippen LogP contribution in [0.4, 0.5) is 0 Å². The number of hydrogen-bond acceptors (Lipinski definition) is 2. The van der Waals surface area contributed by atoms with Gasteiger partial charge in [0.15, 0.2) is 0 Å². The Labute approximate surface area is 114 Å². The third kappa shape index (κ3) is 1.04. The van der Waals surface area contributed by atoms with Crippen LogP contribution in [0.2, 0.25) is 0 Å². The molecule has 4 aromatic rings. The van der Waals surface area contributed by atoms with E-state index in [1.165, 1.54) is 16.5 Å². The molecule has 1 aromatic carbocycles. The van der Waals surface area contributed by atoms with Gasteiger partial charge in [-0.1, -0.05) is 12.1 Å². The maximum absolute atomic E-state index is 6.19. The predicted molar refractivity (Wildman–Crippen MR) is 75.2 cm³/mol. The number of pyridine rings is 1. The number of benzene rings is 1. The highest BCUT2D eigenvalue weighted by Gasteiger charge is 2.34. The van der Waals surface area contributed by atoms with Crippen LogP contribution in [-0.2, 0) is 13.6 Å². The molecule has 0 amide bonds. The molecule has 0 radical (unpaired) electrons. The summed E-state index contributed by atoms with van der Waals surface area (Å²) in [4.78, 5) is 4.20. The predicted octanol–water partition coefficient (Wildman–Crippen LogP) is 2.64. The van der Waals surface area contributed by atoms with Crippen molar-refractivity contribution in [3.05, 3.63) is 48.3 Å². The molecule has 4 heteroatoms. The summed E-state index contributed by atoms with van der Waals surface area (Å²) < 4.78 is 10.6. The van der Waals surface area contributed by atoms with Crippen molar-refractivity contribution in [2.45, 2.75) is 6.54 Å². The Morgan fingerprint density at radius 1 is 1.25 bits per heavy atom. The van der Waals surface area contributed by atoms with Crippen LogP contribution >= 0.6 is 0 Å². The maximum Gasteiger partial charge on any atom is 0.329 e. The Morgan fingerprint density at radius 3 is 3.10 bits per heavy atom. The standard InChI is InChI=1S/C16H12N3O/c1-18-13-5-3-2-4-12(13)14-15(18)19-9-10-8-17-7-6-11(10)16(19)20-14/h2-8H,9H2,1H3/q+1. The molecule has 3 aromatic heterocycles. The molecule has 0 bridgehead atoms. The van der Waals surface area contributed by atoms with Crippen molar-refractivity contribution in [1.29, 1.82) is 0 Å². The van der Waals surface area contributed by atoms with Crippen LogP contribution in [0.15, 0.2) is 47.1 Å². The van der Waals surface area contributed by atoms with Gasteiger partial charge in [0.25, 0.3) is 5.89 Å². The summed E-state index contributed by atoms with van der Waals surface area (Å²) >= 11 is 0. The van der Waals surface area contributed by atoms with Gasteiger partial charge in [0.2, 0.25) is 5.58 Å². The van der Waals surface area contributed by atoms with E-state index in [9.17, 15) is 0 Å². The second kappa shape index (κ2) is 3.28. The normalized spacial score (nSPS) is 13.1. The van der Waals surface area contributed by atoms with Crippen molar-refractivity contribution in [3.8, 4) is 11.5 Å². The lowest BCUT2D eigenvalue weighted by atomic mass is 10.2. The molecule has 0 spiro atoms. The zero-order chi connectivity index (χ0) is 13.3. The molecule has 96 valence electrons. The molecule has 0 N–H and O–H groups in total. The van der Waals surface area contributed by atoms with E-state index in [2.05, 4.69) is 45.4 Å². The number of oxazole rings is 1. The molecule has 0 fully saturated rings. The van der Waals surface area contributed by atoms with Gasteiger partial charge >= 0.3 is 5.65 Å². The van der Waals surface area contributed by atoms with Gasteiger partial charge in [-0.05, 0) is 18.2 Å². The summed E-state index contributed by atoms with van der Waals surface area (Å²) in [5.41, 5.74) is 5.68. The Morgan fingerprint density at radius 2 is 2.15 bits per heavy atom. The highest BCUT2D eigenvalue weighted by atomic mass is 16.4. The second-order valence-corrected chi connectivity index (χ2v) is 5.26. The lowest BCUT2D eigenvalue weighted by molar-refractivity contribution is -0.652. The minimum Gasteiger partial charge on any atom is -0.413 e. The Kier molecular flexibility index (Phi) is 1.67. The molecule has 4 heterocycles. The van der Waals surface area contributed by atoms with Crippen molar-refractivity contribution in [3.63, 3.8) is 0 Å². The van der Waals surface area contributed by atoms with Crippen molar-refractivity contribution in [2.75, 3.05) is 0 Å². The number of aromatic nitrogens is 3. The molecular formula is C16H12N3O+. The van der Waals surface area contributed by atoms with Gasteiger partial charge in [-0.15, -0.1) is 0 Å². The molecular weight excluding hydrogens is 250 g/mol. The third-order valence-electron chi connectivity index (χ3n) is 4.19. The van der Waals surface area contributed by atoms with Crippen LogP contribution in [0.3, 0.4) is 0 Å². The SMILES string of the molecule is Cn1c2ccccc2c2oc3[n+](c21)Cc1cnccc1-3. The Bertz CT molecular complexity index is 994. The van der Waals surface area contributed by atoms with E-state index in [0.29, 0.717) is 0 Å². The summed E-state index contributed by atoms with van der Waals surface area (Å²) in [5, 5.41) is 1.17. The molecule has 20 heavy (non-hydrogen) atoms. The summed E-state index contributed by atoms with van der Waals surface area (Å²) in [6.45, 7) is 0.829. The van der Waals surface area contributed by atoms with Crippen LogP contribution in [0.5, 0.6) is 0 Å². The first-order valence-electron chi connectivity index (χ1n) is 6.67. The molecule has 0 atom stereocenters. The first kappa shape index (κ1) is 10.2. The number of para-hydroxylation sites is 1. The summed E-state index contributed by atoms with van der Waals surface area (Å²) in [7, 11) is 2.09. The summed E-state index contributed by atoms with van der Waals surface area (Å²) in [5.74, 6) is 0.939. The lowest BCUT2D eigenvalue weighted by Gasteiger charge is -1.92. The van der Waals surface area contributed by atoms with E-state index in [0.717, 1.165) is 29.2 Å². The molecule has 1 aliphatic rings. The lowest BCUT2D eigenvalue weighted by Crippen LogP contribution is -2.32. The average molecular weight is 262 g/mol. The summed E-state index contributed by atoms with van der Waals surface area (Å²) in [6.07, 6.45) is 3.74. The molecule has 4 nitrogen and oxygen atoms in total. The van der Waals surface area contributed by atoms with Crippen LogP contribution in [0, 0.1) is 0 Å². The van der Waals surface area contributed by atoms with Gasteiger partial charge in [-0.2, -0.15) is 4.57 Å². The van der Waals surface area contributed by atoms with E-state index >= 15 is 0 Å². The quantitative estimate of drug-likeness (QED) is 0.402. The van der Waals surface area contributed by atoms with Gasteiger partial charge in [0.05, 0.1) is 18.0 Å². The van der Waals surface area contributed by atoms with E-state index < -0.39 is 0 Å². The molecule has 1 aliphatic heterocycles. The fourth-order valence-corrected chi connectivity index (χ4v) is 3.28. The largest absolute Gasteiger partial charge is 0.413 e. The third-order valence-corrected chi connectivity index (χ3v) is 4.19. The fourth-order valence-electron chi connectivity index (χ4n) is 3.28. The second-order valence-electron chi connectivity index (χ2n) is 5.26. The molecule has 5 rings (SSSR count). The number of aryl methyl sites for hydroxylation is 1. The highest BCUT2D eigenvalue weighted by molar-refractivity contribution is 6.02. The molecule has 0 unspecified atom stereocenters. The van der Waals surface area contributed by atoms with Gasteiger partial charge in [0.1, 0.15) is 12.1 Å².